The molecule has 2 atom stereocenters. The molecule has 1 heterocycles. The summed E-state index contributed by atoms with van der Waals surface area (Å²) in [6, 6.07) is 3.44. The molecule has 2 aromatic rings. The minimum absolute atomic E-state index is 0.000654. The third-order valence-corrected chi connectivity index (χ3v) is 4.62. The van der Waals surface area contributed by atoms with Gasteiger partial charge < -0.3 is 10.4 Å². The molecule has 0 unspecified atom stereocenters. The molecule has 0 aliphatic heterocycles. The number of carboxylic acids is 1. The molecule has 6 nitrogen and oxygen atoms in total. The first kappa shape index (κ1) is 15.5. The van der Waals surface area contributed by atoms with Crippen molar-refractivity contribution in [1.29, 1.82) is 0 Å². The van der Waals surface area contributed by atoms with E-state index in [9.17, 15) is 18.4 Å². The van der Waals surface area contributed by atoms with E-state index in [4.69, 9.17) is 5.11 Å². The molecule has 1 aliphatic carbocycles. The monoisotopic (exact) mass is 339 g/mol. The van der Waals surface area contributed by atoms with Crippen LogP contribution < -0.4 is 5.32 Å². The summed E-state index contributed by atoms with van der Waals surface area (Å²) in [5.41, 5.74) is -0.308. The number of hydrogen-bond donors (Lipinski definition) is 2. The highest BCUT2D eigenvalue weighted by molar-refractivity contribution is 7.18. The van der Waals surface area contributed by atoms with E-state index in [1.807, 2.05) is 0 Å². The summed E-state index contributed by atoms with van der Waals surface area (Å²) in [5, 5.41) is 18.8. The third kappa shape index (κ3) is 2.91. The maximum absolute atomic E-state index is 13.7. The number of aromatic nitrogens is 2. The minimum Gasteiger partial charge on any atom is -0.481 e. The summed E-state index contributed by atoms with van der Waals surface area (Å²) in [7, 11) is 0. The molecular formula is C14H11F2N3O3S. The van der Waals surface area contributed by atoms with Crippen LogP contribution in [-0.2, 0) is 9.59 Å². The number of hydrogen-bond acceptors (Lipinski definition) is 5. The molecule has 3 rings (SSSR count). The summed E-state index contributed by atoms with van der Waals surface area (Å²) >= 11 is 0.823. The Morgan fingerprint density at radius 2 is 1.83 bits per heavy atom. The van der Waals surface area contributed by atoms with Crippen molar-refractivity contribution in [2.24, 2.45) is 11.8 Å². The molecule has 9 heteroatoms. The predicted molar refractivity (Wildman–Crippen MR) is 77.7 cm³/mol. The lowest BCUT2D eigenvalue weighted by Crippen LogP contribution is -2.41. The molecule has 1 aromatic heterocycles. The molecule has 0 radical (unpaired) electrons. The lowest BCUT2D eigenvalue weighted by Gasteiger charge is -2.31. The Morgan fingerprint density at radius 1 is 1.17 bits per heavy atom. The van der Waals surface area contributed by atoms with Crippen molar-refractivity contribution in [2.75, 3.05) is 5.32 Å². The van der Waals surface area contributed by atoms with Crippen molar-refractivity contribution in [3.05, 3.63) is 29.8 Å². The molecule has 0 spiro atoms. The number of benzene rings is 1. The van der Waals surface area contributed by atoms with Crippen LogP contribution in [0, 0.1) is 23.5 Å². The number of halogens is 2. The van der Waals surface area contributed by atoms with Crippen molar-refractivity contribution in [1.82, 2.24) is 10.2 Å². The van der Waals surface area contributed by atoms with Gasteiger partial charge in [0.2, 0.25) is 11.0 Å². The standard InChI is InChI=1S/C14H11F2N3O3S/c15-8-2-1-3-9(16)10(8)12-18-19-14(23-12)17-11(20)6-4-5-7(6)13(21)22/h1-3,6-7H,4-5H2,(H,21,22)(H,17,19,20)/t6-,7+/m0/s1. The molecule has 23 heavy (non-hydrogen) atoms. The normalized spacial score (nSPS) is 19.9. The quantitative estimate of drug-likeness (QED) is 0.893. The van der Waals surface area contributed by atoms with Crippen LogP contribution in [0.3, 0.4) is 0 Å². The first-order valence-electron chi connectivity index (χ1n) is 6.79. The number of aliphatic carboxylic acids is 1. The molecule has 0 bridgehead atoms. The van der Waals surface area contributed by atoms with Gasteiger partial charge in [-0.2, -0.15) is 0 Å². The Morgan fingerprint density at radius 3 is 2.39 bits per heavy atom. The maximum atomic E-state index is 13.7. The summed E-state index contributed by atoms with van der Waals surface area (Å²) in [6.45, 7) is 0. The molecule has 1 fully saturated rings. The smallest absolute Gasteiger partial charge is 0.307 e. The van der Waals surface area contributed by atoms with Crippen LogP contribution in [0.1, 0.15) is 12.8 Å². The van der Waals surface area contributed by atoms with Crippen LogP contribution in [0.5, 0.6) is 0 Å². The van der Waals surface area contributed by atoms with E-state index in [0.717, 1.165) is 23.5 Å². The number of carbonyl (C=O) groups excluding carboxylic acids is 1. The number of rotatable bonds is 4. The zero-order valence-electron chi connectivity index (χ0n) is 11.6. The Bertz CT molecular complexity index is 760. The van der Waals surface area contributed by atoms with E-state index in [1.54, 1.807) is 0 Å². The van der Waals surface area contributed by atoms with Crippen LogP contribution in [0.25, 0.3) is 10.6 Å². The highest BCUT2D eigenvalue weighted by atomic mass is 32.1. The first-order chi connectivity index (χ1) is 11.0. The van der Waals surface area contributed by atoms with Crippen LogP contribution >= 0.6 is 11.3 Å². The van der Waals surface area contributed by atoms with Crippen molar-refractivity contribution < 1.29 is 23.5 Å². The molecule has 120 valence electrons. The van der Waals surface area contributed by atoms with E-state index in [2.05, 4.69) is 15.5 Å². The average molecular weight is 339 g/mol. The van der Waals surface area contributed by atoms with Gasteiger partial charge >= 0.3 is 5.97 Å². The molecular weight excluding hydrogens is 328 g/mol. The lowest BCUT2D eigenvalue weighted by atomic mass is 9.73. The van der Waals surface area contributed by atoms with Gasteiger partial charge in [-0.1, -0.05) is 17.4 Å². The maximum Gasteiger partial charge on any atom is 0.307 e. The van der Waals surface area contributed by atoms with Gasteiger partial charge in [0.25, 0.3) is 0 Å². The van der Waals surface area contributed by atoms with E-state index < -0.39 is 35.3 Å². The van der Waals surface area contributed by atoms with Crippen molar-refractivity contribution >= 4 is 28.3 Å². The Kier molecular flexibility index (Phi) is 4.03. The largest absolute Gasteiger partial charge is 0.481 e. The first-order valence-corrected chi connectivity index (χ1v) is 7.60. The van der Waals surface area contributed by atoms with Crippen molar-refractivity contribution in [2.45, 2.75) is 12.8 Å². The molecule has 2 N–H and O–H groups in total. The number of carbonyl (C=O) groups is 2. The third-order valence-electron chi connectivity index (χ3n) is 3.76. The van der Waals surface area contributed by atoms with E-state index >= 15 is 0 Å². The fourth-order valence-corrected chi connectivity index (χ4v) is 3.18. The van der Waals surface area contributed by atoms with E-state index in [0.29, 0.717) is 12.8 Å². The van der Waals surface area contributed by atoms with Gasteiger partial charge in [-0.25, -0.2) is 8.78 Å². The Hall–Kier alpha value is -2.42. The van der Waals surface area contributed by atoms with Gasteiger partial charge in [0.15, 0.2) is 5.01 Å². The number of nitrogens with one attached hydrogen (secondary N) is 1. The van der Waals surface area contributed by atoms with Gasteiger partial charge in [-0.15, -0.1) is 10.2 Å². The number of carboxylic acid groups (broad SMARTS) is 1. The van der Waals surface area contributed by atoms with Gasteiger partial charge in [-0.3, -0.25) is 9.59 Å². The highest BCUT2D eigenvalue weighted by Crippen LogP contribution is 2.36. The summed E-state index contributed by atoms with van der Waals surface area (Å²) < 4.78 is 27.4. The summed E-state index contributed by atoms with van der Waals surface area (Å²) in [6.07, 6.45) is 0.936. The highest BCUT2D eigenvalue weighted by Gasteiger charge is 2.41. The second-order valence-electron chi connectivity index (χ2n) is 5.13. The van der Waals surface area contributed by atoms with Crippen molar-refractivity contribution in [3.63, 3.8) is 0 Å². The van der Waals surface area contributed by atoms with Gasteiger partial charge in [0.1, 0.15) is 11.6 Å². The van der Waals surface area contributed by atoms with E-state index in [-0.39, 0.29) is 15.7 Å². The fraction of sp³-hybridized carbons (Fsp3) is 0.286. The topological polar surface area (TPSA) is 92.2 Å². The Balaban J connectivity index is 1.75. The Labute approximate surface area is 133 Å². The van der Waals surface area contributed by atoms with Gasteiger partial charge in [0, 0.05) is 0 Å². The summed E-state index contributed by atoms with van der Waals surface area (Å²) in [5.74, 6) is -4.35. The molecule has 1 aromatic carbocycles. The predicted octanol–water partition coefficient (Wildman–Crippen LogP) is 2.53. The second kappa shape index (κ2) is 5.99. The van der Waals surface area contributed by atoms with Gasteiger partial charge in [0.05, 0.1) is 17.4 Å². The molecule has 0 saturated heterocycles. The molecule has 1 aliphatic rings. The fourth-order valence-electron chi connectivity index (χ4n) is 2.38. The number of anilines is 1. The second-order valence-corrected chi connectivity index (χ2v) is 6.10. The number of nitrogens with zero attached hydrogens (tertiary/aromatic N) is 2. The molecule has 1 amide bonds. The van der Waals surface area contributed by atoms with Gasteiger partial charge in [-0.05, 0) is 25.0 Å². The summed E-state index contributed by atoms with van der Waals surface area (Å²) in [4.78, 5) is 22.9. The van der Waals surface area contributed by atoms with Crippen LogP contribution in [-0.4, -0.2) is 27.2 Å². The van der Waals surface area contributed by atoms with Crippen LogP contribution in [0.2, 0.25) is 0 Å². The SMILES string of the molecule is O=C(Nc1nnc(-c2c(F)cccc2F)s1)[C@H]1CC[C@H]1C(=O)O. The zero-order chi connectivity index (χ0) is 16.6. The van der Waals surface area contributed by atoms with Crippen LogP contribution in [0.15, 0.2) is 18.2 Å². The molecule has 1 saturated carbocycles. The zero-order valence-corrected chi connectivity index (χ0v) is 12.4. The average Bonchev–Trinajstić information content (AvgIpc) is 2.84. The lowest BCUT2D eigenvalue weighted by molar-refractivity contribution is -0.151. The van der Waals surface area contributed by atoms with Crippen LogP contribution in [0.4, 0.5) is 13.9 Å². The number of amides is 1. The van der Waals surface area contributed by atoms with Crippen molar-refractivity contribution in [3.8, 4) is 10.6 Å². The minimum atomic E-state index is -1.01. The van der Waals surface area contributed by atoms with E-state index in [1.165, 1.54) is 6.07 Å².